The Kier molecular flexibility index (Phi) is 3.02. The van der Waals surface area contributed by atoms with Gasteiger partial charge in [0.1, 0.15) is 5.75 Å². The van der Waals surface area contributed by atoms with Gasteiger partial charge < -0.3 is 15.3 Å². The molecule has 3 nitrogen and oxygen atoms in total. The summed E-state index contributed by atoms with van der Waals surface area (Å²) < 4.78 is 0. The highest BCUT2D eigenvalue weighted by molar-refractivity contribution is 5.50. The summed E-state index contributed by atoms with van der Waals surface area (Å²) in [4.78, 5) is 0. The topological polar surface area (TPSA) is 60.7 Å². The highest BCUT2D eigenvalue weighted by Gasteiger charge is 2.07. The lowest BCUT2D eigenvalue weighted by Crippen LogP contribution is -1.84. The predicted octanol–water partition coefficient (Wildman–Crippen LogP) is 2.31. The third-order valence-electron chi connectivity index (χ3n) is 1.88. The van der Waals surface area contributed by atoms with Gasteiger partial charge in [-0.2, -0.15) is 0 Å². The monoisotopic (exact) mass is 194 g/mol. The van der Waals surface area contributed by atoms with Gasteiger partial charge in [0, 0.05) is 11.6 Å². The minimum absolute atomic E-state index is 0.0440. The van der Waals surface area contributed by atoms with Crippen LogP contribution in [0.4, 0.5) is 0 Å². The summed E-state index contributed by atoms with van der Waals surface area (Å²) in [5.74, 6) is -0.500. The third-order valence-corrected chi connectivity index (χ3v) is 1.88. The van der Waals surface area contributed by atoms with Crippen LogP contribution in [0.15, 0.2) is 23.8 Å². The van der Waals surface area contributed by atoms with Gasteiger partial charge in [-0.3, -0.25) is 0 Å². The fourth-order valence-electron chi connectivity index (χ4n) is 1.13. The van der Waals surface area contributed by atoms with Crippen molar-refractivity contribution in [1.29, 1.82) is 0 Å². The Morgan fingerprint density at radius 2 is 1.86 bits per heavy atom. The zero-order valence-electron chi connectivity index (χ0n) is 8.28. The standard InChI is InChI=1S/C11H14O3/c1-7(2)3-4-8-5-9(12)6-10(13)11(8)14/h3,5-6,12-14H,4H2,1-2H3. The SMILES string of the molecule is CC(C)=CCc1cc(O)cc(O)c1O. The molecule has 0 heterocycles. The molecule has 0 amide bonds. The summed E-state index contributed by atoms with van der Waals surface area (Å²) >= 11 is 0. The van der Waals surface area contributed by atoms with Crippen molar-refractivity contribution >= 4 is 0 Å². The second kappa shape index (κ2) is 4.05. The van der Waals surface area contributed by atoms with E-state index in [2.05, 4.69) is 0 Å². The van der Waals surface area contributed by atoms with Gasteiger partial charge in [0.05, 0.1) is 0 Å². The minimum Gasteiger partial charge on any atom is -0.508 e. The molecule has 0 saturated heterocycles. The molecule has 0 aromatic heterocycles. The van der Waals surface area contributed by atoms with E-state index in [9.17, 15) is 15.3 Å². The van der Waals surface area contributed by atoms with Crippen LogP contribution >= 0.6 is 0 Å². The van der Waals surface area contributed by atoms with Gasteiger partial charge in [0.2, 0.25) is 0 Å². The molecule has 1 aromatic rings. The first-order chi connectivity index (χ1) is 6.50. The van der Waals surface area contributed by atoms with Gasteiger partial charge in [-0.15, -0.1) is 0 Å². The summed E-state index contributed by atoms with van der Waals surface area (Å²) in [6, 6.07) is 2.55. The maximum absolute atomic E-state index is 9.44. The molecule has 14 heavy (non-hydrogen) atoms. The first-order valence-corrected chi connectivity index (χ1v) is 4.38. The summed E-state index contributed by atoms with van der Waals surface area (Å²) in [6.45, 7) is 3.89. The van der Waals surface area contributed by atoms with E-state index in [1.165, 1.54) is 6.07 Å². The average molecular weight is 194 g/mol. The maximum atomic E-state index is 9.44. The number of rotatable bonds is 2. The molecule has 76 valence electrons. The van der Waals surface area contributed by atoms with Crippen LogP contribution in [0.1, 0.15) is 19.4 Å². The van der Waals surface area contributed by atoms with Crippen LogP contribution in [-0.4, -0.2) is 15.3 Å². The Bertz CT molecular complexity index is 363. The quantitative estimate of drug-likeness (QED) is 0.384. The Hall–Kier alpha value is -1.64. The highest BCUT2D eigenvalue weighted by atomic mass is 16.3. The Morgan fingerprint density at radius 3 is 2.43 bits per heavy atom. The van der Waals surface area contributed by atoms with Crippen LogP contribution in [0.2, 0.25) is 0 Å². The van der Waals surface area contributed by atoms with E-state index in [0.29, 0.717) is 12.0 Å². The normalized spacial score (nSPS) is 9.86. The molecule has 0 spiro atoms. The number of benzene rings is 1. The average Bonchev–Trinajstić information content (AvgIpc) is 2.08. The summed E-state index contributed by atoms with van der Waals surface area (Å²) in [7, 11) is 0. The number of hydrogen-bond donors (Lipinski definition) is 3. The largest absolute Gasteiger partial charge is 0.508 e. The van der Waals surface area contributed by atoms with Gasteiger partial charge >= 0.3 is 0 Å². The molecule has 1 rings (SSSR count). The number of allylic oxidation sites excluding steroid dienone is 2. The van der Waals surface area contributed by atoms with Crippen molar-refractivity contribution in [2.45, 2.75) is 20.3 Å². The molecule has 0 saturated carbocycles. The van der Waals surface area contributed by atoms with E-state index >= 15 is 0 Å². The molecule has 3 heteroatoms. The molecular formula is C11H14O3. The van der Waals surface area contributed by atoms with Crippen LogP contribution in [0.25, 0.3) is 0 Å². The molecule has 0 atom stereocenters. The van der Waals surface area contributed by atoms with Crippen molar-refractivity contribution in [1.82, 2.24) is 0 Å². The van der Waals surface area contributed by atoms with Gasteiger partial charge in [-0.25, -0.2) is 0 Å². The number of phenols is 3. The lowest BCUT2D eigenvalue weighted by molar-refractivity contribution is 0.393. The lowest BCUT2D eigenvalue weighted by Gasteiger charge is -2.05. The first kappa shape index (κ1) is 10.4. The van der Waals surface area contributed by atoms with Gasteiger partial charge in [0.15, 0.2) is 11.5 Å². The van der Waals surface area contributed by atoms with Crippen molar-refractivity contribution in [2.24, 2.45) is 0 Å². The van der Waals surface area contributed by atoms with Crippen molar-refractivity contribution in [3.05, 3.63) is 29.3 Å². The first-order valence-electron chi connectivity index (χ1n) is 4.38. The zero-order chi connectivity index (χ0) is 10.7. The molecule has 0 unspecified atom stereocenters. The molecule has 3 N–H and O–H groups in total. The second-order valence-electron chi connectivity index (χ2n) is 3.46. The van der Waals surface area contributed by atoms with E-state index < -0.39 is 0 Å². The lowest BCUT2D eigenvalue weighted by atomic mass is 10.1. The van der Waals surface area contributed by atoms with Gasteiger partial charge in [-0.1, -0.05) is 11.6 Å². The molecule has 0 fully saturated rings. The van der Waals surface area contributed by atoms with Crippen LogP contribution in [0, 0.1) is 0 Å². The van der Waals surface area contributed by atoms with E-state index in [4.69, 9.17) is 0 Å². The Balaban J connectivity index is 3.02. The van der Waals surface area contributed by atoms with Crippen molar-refractivity contribution in [2.75, 3.05) is 0 Å². The van der Waals surface area contributed by atoms with E-state index in [0.717, 1.165) is 11.6 Å². The second-order valence-corrected chi connectivity index (χ2v) is 3.46. The summed E-state index contributed by atoms with van der Waals surface area (Å²) in [6.07, 6.45) is 2.41. The van der Waals surface area contributed by atoms with E-state index in [-0.39, 0.29) is 17.2 Å². The van der Waals surface area contributed by atoms with E-state index in [1.54, 1.807) is 0 Å². The van der Waals surface area contributed by atoms with Crippen LogP contribution in [0.3, 0.4) is 0 Å². The Labute approximate surface area is 82.9 Å². The predicted molar refractivity (Wildman–Crippen MR) is 54.6 cm³/mol. The van der Waals surface area contributed by atoms with Crippen LogP contribution in [0.5, 0.6) is 17.2 Å². The minimum atomic E-state index is -0.290. The number of hydrogen-bond acceptors (Lipinski definition) is 3. The van der Waals surface area contributed by atoms with Gasteiger partial charge in [-0.05, 0) is 26.3 Å². The molecule has 0 aliphatic rings. The number of aromatic hydroxyl groups is 3. The molecule has 0 aliphatic carbocycles. The maximum Gasteiger partial charge on any atom is 0.161 e. The van der Waals surface area contributed by atoms with E-state index in [1.807, 2.05) is 19.9 Å². The van der Waals surface area contributed by atoms with Crippen molar-refractivity contribution in [3.8, 4) is 17.2 Å². The molecular weight excluding hydrogens is 180 g/mol. The molecule has 0 radical (unpaired) electrons. The van der Waals surface area contributed by atoms with Crippen LogP contribution in [-0.2, 0) is 6.42 Å². The molecule has 0 aliphatic heterocycles. The fourth-order valence-corrected chi connectivity index (χ4v) is 1.13. The smallest absolute Gasteiger partial charge is 0.161 e. The third kappa shape index (κ3) is 2.42. The number of phenolic OH excluding ortho intramolecular Hbond substituents is 3. The fraction of sp³-hybridized carbons (Fsp3) is 0.273. The summed E-state index contributed by atoms with van der Waals surface area (Å²) in [5, 5.41) is 27.9. The molecule has 1 aromatic carbocycles. The van der Waals surface area contributed by atoms with Gasteiger partial charge in [0.25, 0.3) is 0 Å². The molecule has 0 bridgehead atoms. The van der Waals surface area contributed by atoms with Crippen molar-refractivity contribution < 1.29 is 15.3 Å². The van der Waals surface area contributed by atoms with Crippen molar-refractivity contribution in [3.63, 3.8) is 0 Å². The van der Waals surface area contributed by atoms with Crippen LogP contribution < -0.4 is 0 Å². The Morgan fingerprint density at radius 1 is 1.21 bits per heavy atom. The summed E-state index contributed by atoms with van der Waals surface area (Å²) in [5.41, 5.74) is 1.64. The zero-order valence-corrected chi connectivity index (χ0v) is 8.28. The highest BCUT2D eigenvalue weighted by Crippen LogP contribution is 2.33.